The van der Waals surface area contributed by atoms with Gasteiger partial charge in [-0.1, -0.05) is 29.8 Å². The summed E-state index contributed by atoms with van der Waals surface area (Å²) in [6.07, 6.45) is 1.42. The third kappa shape index (κ3) is 5.34. The van der Waals surface area contributed by atoms with E-state index in [1.54, 1.807) is 0 Å². The minimum Gasteiger partial charge on any atom is -0.364 e. The molecule has 0 spiro atoms. The summed E-state index contributed by atoms with van der Waals surface area (Å²) >= 11 is 1.83. The van der Waals surface area contributed by atoms with Crippen LogP contribution in [-0.2, 0) is 15.3 Å². The second kappa shape index (κ2) is 8.41. The van der Waals surface area contributed by atoms with E-state index in [2.05, 4.69) is 36.5 Å². The van der Waals surface area contributed by atoms with Gasteiger partial charge in [0.15, 0.2) is 0 Å². The van der Waals surface area contributed by atoms with Crippen LogP contribution >= 0.6 is 11.8 Å². The molecular formula is C16H24N2O2S. The van der Waals surface area contributed by atoms with Crippen LogP contribution < -0.4 is 11.1 Å². The average molecular weight is 308 g/mol. The fraction of sp³-hybridized carbons (Fsp3) is 0.562. The van der Waals surface area contributed by atoms with Crippen LogP contribution in [0.4, 0.5) is 0 Å². The zero-order valence-electron chi connectivity index (χ0n) is 12.5. The molecule has 0 aliphatic carbocycles. The van der Waals surface area contributed by atoms with Gasteiger partial charge in [0.05, 0.1) is 6.10 Å². The highest BCUT2D eigenvalue weighted by molar-refractivity contribution is 7.98. The highest BCUT2D eigenvalue weighted by atomic mass is 32.2. The summed E-state index contributed by atoms with van der Waals surface area (Å²) in [7, 11) is 0. The van der Waals surface area contributed by atoms with E-state index in [9.17, 15) is 4.79 Å². The summed E-state index contributed by atoms with van der Waals surface area (Å²) in [5.74, 6) is 1.89. The molecule has 0 bridgehead atoms. The van der Waals surface area contributed by atoms with Gasteiger partial charge in [-0.15, -0.1) is 0 Å². The molecule has 1 aliphatic rings. The lowest BCUT2D eigenvalue weighted by Crippen LogP contribution is -2.36. The van der Waals surface area contributed by atoms with Crippen LogP contribution in [0.25, 0.3) is 0 Å². The van der Waals surface area contributed by atoms with Crippen molar-refractivity contribution in [2.75, 3.05) is 18.8 Å². The zero-order valence-corrected chi connectivity index (χ0v) is 13.3. The number of thioether (sulfide) groups is 1. The lowest BCUT2D eigenvalue weighted by Gasteiger charge is -2.12. The number of rotatable bonds is 7. The predicted molar refractivity (Wildman–Crippen MR) is 87.3 cm³/mol. The minimum atomic E-state index is -0.305. The van der Waals surface area contributed by atoms with E-state index in [1.807, 2.05) is 11.8 Å². The van der Waals surface area contributed by atoms with Crippen LogP contribution in [0.2, 0.25) is 0 Å². The molecule has 1 aliphatic heterocycles. The molecule has 21 heavy (non-hydrogen) atoms. The van der Waals surface area contributed by atoms with Gasteiger partial charge in [-0.2, -0.15) is 11.8 Å². The maximum atomic E-state index is 11.9. The van der Waals surface area contributed by atoms with Crippen LogP contribution in [0.1, 0.15) is 24.0 Å². The number of carbonyl (C=O) groups excluding carboxylic acids is 1. The first kappa shape index (κ1) is 16.3. The van der Waals surface area contributed by atoms with E-state index < -0.39 is 0 Å². The zero-order chi connectivity index (χ0) is 15.1. The summed E-state index contributed by atoms with van der Waals surface area (Å²) in [5, 5.41) is 2.94. The fourth-order valence-electron chi connectivity index (χ4n) is 2.31. The molecule has 1 aromatic carbocycles. The molecule has 1 saturated heterocycles. The third-order valence-corrected chi connectivity index (χ3v) is 4.63. The van der Waals surface area contributed by atoms with Crippen LogP contribution in [0.5, 0.6) is 0 Å². The van der Waals surface area contributed by atoms with Crippen molar-refractivity contribution in [3.05, 3.63) is 35.4 Å². The molecule has 4 nitrogen and oxygen atoms in total. The molecule has 0 saturated carbocycles. The van der Waals surface area contributed by atoms with E-state index in [1.165, 1.54) is 11.1 Å². The number of hydrogen-bond donors (Lipinski definition) is 2. The van der Waals surface area contributed by atoms with Gasteiger partial charge in [0.2, 0.25) is 5.91 Å². The molecule has 3 N–H and O–H groups in total. The first-order chi connectivity index (χ1) is 10.2. The Kier molecular flexibility index (Phi) is 6.54. The van der Waals surface area contributed by atoms with Crippen molar-refractivity contribution in [1.29, 1.82) is 0 Å². The van der Waals surface area contributed by atoms with Crippen molar-refractivity contribution < 1.29 is 9.53 Å². The fourth-order valence-corrected chi connectivity index (χ4v) is 3.13. The van der Waals surface area contributed by atoms with E-state index in [4.69, 9.17) is 10.5 Å². The number of nitrogens with one attached hydrogen (secondary N) is 1. The highest BCUT2D eigenvalue weighted by Gasteiger charge is 2.29. The molecule has 2 atom stereocenters. The maximum Gasteiger partial charge on any atom is 0.249 e. The van der Waals surface area contributed by atoms with E-state index in [0.717, 1.165) is 24.3 Å². The molecular weight excluding hydrogens is 284 g/mol. The minimum absolute atomic E-state index is 0.00175. The third-order valence-electron chi connectivity index (χ3n) is 3.60. The largest absolute Gasteiger partial charge is 0.364 e. The first-order valence-corrected chi connectivity index (χ1v) is 8.61. The average Bonchev–Trinajstić information content (AvgIpc) is 2.98. The standard InChI is InChI=1S/C16H24N2O2S/c1-12-2-4-13(5-3-12)11-21-9-8-18-16(19)15-7-6-14(10-17)20-15/h2-5,14-15H,6-11,17H2,1H3,(H,18,19)/t14-,15+/m1/s1. The Labute approximate surface area is 130 Å². The molecule has 116 valence electrons. The molecule has 0 unspecified atom stereocenters. The van der Waals surface area contributed by atoms with E-state index >= 15 is 0 Å². The molecule has 1 amide bonds. The number of hydrogen-bond acceptors (Lipinski definition) is 4. The topological polar surface area (TPSA) is 64.4 Å². The number of ether oxygens (including phenoxy) is 1. The van der Waals surface area contributed by atoms with Gasteiger partial charge in [-0.25, -0.2) is 0 Å². The van der Waals surface area contributed by atoms with Gasteiger partial charge < -0.3 is 15.8 Å². The molecule has 0 aromatic heterocycles. The molecule has 2 rings (SSSR count). The van der Waals surface area contributed by atoms with Gasteiger partial charge in [-0.3, -0.25) is 4.79 Å². The Morgan fingerprint density at radius 3 is 2.81 bits per heavy atom. The van der Waals surface area contributed by atoms with Crippen molar-refractivity contribution in [1.82, 2.24) is 5.32 Å². The lowest BCUT2D eigenvalue weighted by atomic mass is 10.2. The first-order valence-electron chi connectivity index (χ1n) is 7.45. The van der Waals surface area contributed by atoms with Gasteiger partial charge in [0, 0.05) is 24.6 Å². The van der Waals surface area contributed by atoms with Crippen LogP contribution in [0.3, 0.4) is 0 Å². The number of carbonyl (C=O) groups is 1. The van der Waals surface area contributed by atoms with Crippen molar-refractivity contribution in [3.8, 4) is 0 Å². The molecule has 5 heteroatoms. The summed E-state index contributed by atoms with van der Waals surface area (Å²) < 4.78 is 5.57. The summed E-state index contributed by atoms with van der Waals surface area (Å²) in [6.45, 7) is 3.27. The Morgan fingerprint density at radius 1 is 1.38 bits per heavy atom. The number of aryl methyl sites for hydroxylation is 1. The van der Waals surface area contributed by atoms with Gasteiger partial charge in [0.25, 0.3) is 0 Å². The Hall–Kier alpha value is -1.04. The van der Waals surface area contributed by atoms with Crippen LogP contribution in [0.15, 0.2) is 24.3 Å². The molecule has 0 radical (unpaired) electrons. The Morgan fingerprint density at radius 2 is 2.14 bits per heavy atom. The molecule has 1 aromatic rings. The normalized spacial score (nSPS) is 21.4. The van der Waals surface area contributed by atoms with Gasteiger partial charge >= 0.3 is 0 Å². The molecule has 1 heterocycles. The Balaban J connectivity index is 1.57. The monoisotopic (exact) mass is 308 g/mol. The quantitative estimate of drug-likeness (QED) is 0.755. The number of nitrogens with two attached hydrogens (primary N) is 1. The summed E-state index contributed by atoms with van der Waals surface area (Å²) in [6, 6.07) is 8.56. The predicted octanol–water partition coefficient (Wildman–Crippen LogP) is 1.85. The maximum absolute atomic E-state index is 11.9. The van der Waals surface area contributed by atoms with Gasteiger partial charge in [-0.05, 0) is 25.3 Å². The van der Waals surface area contributed by atoms with Crippen LogP contribution in [-0.4, -0.2) is 37.0 Å². The van der Waals surface area contributed by atoms with Crippen LogP contribution in [0, 0.1) is 6.92 Å². The number of benzene rings is 1. The molecule has 1 fully saturated rings. The van der Waals surface area contributed by atoms with Crippen molar-refractivity contribution >= 4 is 17.7 Å². The Bertz CT molecular complexity index is 450. The van der Waals surface area contributed by atoms with Gasteiger partial charge in [0.1, 0.15) is 6.10 Å². The van der Waals surface area contributed by atoms with E-state index in [0.29, 0.717) is 13.1 Å². The second-order valence-corrected chi connectivity index (χ2v) is 6.49. The van der Waals surface area contributed by atoms with Crippen molar-refractivity contribution in [3.63, 3.8) is 0 Å². The second-order valence-electron chi connectivity index (χ2n) is 5.39. The number of amides is 1. The van der Waals surface area contributed by atoms with Crippen molar-refractivity contribution in [2.24, 2.45) is 5.73 Å². The van der Waals surface area contributed by atoms with E-state index in [-0.39, 0.29) is 18.1 Å². The smallest absolute Gasteiger partial charge is 0.249 e. The summed E-state index contributed by atoms with van der Waals surface area (Å²) in [5.41, 5.74) is 8.14. The summed E-state index contributed by atoms with van der Waals surface area (Å²) in [4.78, 5) is 11.9. The lowest BCUT2D eigenvalue weighted by molar-refractivity contribution is -0.131. The SMILES string of the molecule is Cc1ccc(CSCCNC(=O)[C@@H]2CC[C@H](CN)O2)cc1. The van der Waals surface area contributed by atoms with Crippen molar-refractivity contribution in [2.45, 2.75) is 37.7 Å². The highest BCUT2D eigenvalue weighted by Crippen LogP contribution is 2.19.